The lowest BCUT2D eigenvalue weighted by Gasteiger charge is -2.21. The van der Waals surface area contributed by atoms with Crippen molar-refractivity contribution in [3.8, 4) is 22.9 Å². The molecule has 3 aromatic rings. The fourth-order valence-corrected chi connectivity index (χ4v) is 5.31. The molecule has 5 rings (SSSR count). The third kappa shape index (κ3) is 5.55. The number of benzene rings is 2. The predicted octanol–water partition coefficient (Wildman–Crippen LogP) is 5.04. The molecule has 1 aliphatic heterocycles. The Kier molecular flexibility index (Phi) is 7.34. The third-order valence-corrected chi connectivity index (χ3v) is 7.30. The molecule has 0 spiro atoms. The van der Waals surface area contributed by atoms with Crippen molar-refractivity contribution < 1.29 is 14.3 Å². The van der Waals surface area contributed by atoms with Gasteiger partial charge in [-0.25, -0.2) is 0 Å². The molecule has 2 heterocycles. The Balaban J connectivity index is 1.31. The highest BCUT2D eigenvalue weighted by molar-refractivity contribution is 7.99. The molecular formula is C26H30N4O3S. The molecule has 7 nitrogen and oxygen atoms in total. The van der Waals surface area contributed by atoms with Gasteiger partial charge in [0.2, 0.25) is 12.7 Å². The van der Waals surface area contributed by atoms with Gasteiger partial charge in [0.1, 0.15) is 0 Å². The lowest BCUT2D eigenvalue weighted by molar-refractivity contribution is -0.119. The Morgan fingerprint density at radius 1 is 0.971 bits per heavy atom. The highest BCUT2D eigenvalue weighted by Gasteiger charge is 2.20. The number of hydrogen-bond acceptors (Lipinski definition) is 6. The molecule has 1 aliphatic carbocycles. The molecule has 1 aromatic heterocycles. The molecule has 0 atom stereocenters. The van der Waals surface area contributed by atoms with E-state index in [4.69, 9.17) is 9.47 Å². The Labute approximate surface area is 204 Å². The van der Waals surface area contributed by atoms with Gasteiger partial charge in [0.25, 0.3) is 0 Å². The van der Waals surface area contributed by atoms with Gasteiger partial charge in [0, 0.05) is 11.6 Å². The summed E-state index contributed by atoms with van der Waals surface area (Å²) in [6, 6.07) is 16.3. The zero-order valence-electron chi connectivity index (χ0n) is 19.2. The monoisotopic (exact) mass is 478 g/mol. The first-order valence-corrected chi connectivity index (χ1v) is 13.0. The van der Waals surface area contributed by atoms with Crippen LogP contribution in [0.3, 0.4) is 0 Å². The van der Waals surface area contributed by atoms with Gasteiger partial charge in [-0.3, -0.25) is 9.36 Å². The van der Waals surface area contributed by atoms with Crippen molar-refractivity contribution in [1.82, 2.24) is 20.1 Å². The van der Waals surface area contributed by atoms with Crippen molar-refractivity contribution in [2.75, 3.05) is 12.5 Å². The van der Waals surface area contributed by atoms with Crippen molar-refractivity contribution in [2.45, 2.75) is 62.7 Å². The average Bonchev–Trinajstić information content (AvgIpc) is 3.46. The standard InChI is InChI=1S/C26H30N4O3S/c31-24(27-21-11-7-2-1-3-8-12-21)17-34-26-29-28-25(20-9-5-4-6-10-20)30(26)16-19-13-14-22-23(15-19)33-18-32-22/h4-6,9-10,13-15,21H,1-3,7-8,11-12,16-18H2,(H,27,31). The second kappa shape index (κ2) is 11.0. The van der Waals surface area contributed by atoms with Crippen molar-refractivity contribution in [2.24, 2.45) is 0 Å². The van der Waals surface area contributed by atoms with E-state index in [1.165, 1.54) is 43.9 Å². The van der Waals surface area contributed by atoms with E-state index in [1.54, 1.807) is 0 Å². The first-order valence-electron chi connectivity index (χ1n) is 12.1. The number of carbonyl (C=O) groups excluding carboxylic acids is 1. The molecule has 2 aromatic carbocycles. The highest BCUT2D eigenvalue weighted by atomic mass is 32.2. The van der Waals surface area contributed by atoms with E-state index in [9.17, 15) is 4.79 Å². The molecule has 0 bridgehead atoms. The van der Waals surface area contributed by atoms with Crippen LogP contribution < -0.4 is 14.8 Å². The van der Waals surface area contributed by atoms with Crippen LogP contribution in [0.15, 0.2) is 53.7 Å². The van der Waals surface area contributed by atoms with Crippen molar-refractivity contribution in [1.29, 1.82) is 0 Å². The van der Waals surface area contributed by atoms with Crippen molar-refractivity contribution >= 4 is 17.7 Å². The molecular weight excluding hydrogens is 448 g/mol. The minimum absolute atomic E-state index is 0.0643. The number of nitrogens with zero attached hydrogens (tertiary/aromatic N) is 3. The van der Waals surface area contributed by atoms with Crippen LogP contribution in [-0.2, 0) is 11.3 Å². The molecule has 1 N–H and O–H groups in total. The Morgan fingerprint density at radius 2 is 1.74 bits per heavy atom. The normalized spacial score (nSPS) is 16.1. The van der Waals surface area contributed by atoms with E-state index >= 15 is 0 Å². The number of aromatic nitrogens is 3. The van der Waals surface area contributed by atoms with Gasteiger partial charge in [-0.05, 0) is 30.5 Å². The fourth-order valence-electron chi connectivity index (χ4n) is 4.56. The van der Waals surface area contributed by atoms with Crippen LogP contribution in [0.25, 0.3) is 11.4 Å². The lowest BCUT2D eigenvalue weighted by Crippen LogP contribution is -2.36. The predicted molar refractivity (Wildman–Crippen MR) is 132 cm³/mol. The minimum Gasteiger partial charge on any atom is -0.454 e. The van der Waals surface area contributed by atoms with Gasteiger partial charge < -0.3 is 14.8 Å². The van der Waals surface area contributed by atoms with Crippen molar-refractivity contribution in [3.05, 3.63) is 54.1 Å². The Morgan fingerprint density at radius 3 is 2.56 bits per heavy atom. The van der Waals surface area contributed by atoms with Crippen LogP contribution in [0.2, 0.25) is 0 Å². The van der Waals surface area contributed by atoms with Gasteiger partial charge in [-0.15, -0.1) is 10.2 Å². The maximum absolute atomic E-state index is 12.7. The van der Waals surface area contributed by atoms with Crippen LogP contribution in [0.4, 0.5) is 0 Å². The zero-order chi connectivity index (χ0) is 23.2. The van der Waals surface area contributed by atoms with Crippen molar-refractivity contribution in [3.63, 3.8) is 0 Å². The quantitative estimate of drug-likeness (QED) is 0.479. The molecule has 0 unspecified atom stereocenters. The summed E-state index contributed by atoms with van der Waals surface area (Å²) >= 11 is 1.43. The summed E-state index contributed by atoms with van der Waals surface area (Å²) in [7, 11) is 0. The number of carbonyl (C=O) groups is 1. The summed E-state index contributed by atoms with van der Waals surface area (Å²) in [5.74, 6) is 2.68. The molecule has 1 saturated carbocycles. The third-order valence-electron chi connectivity index (χ3n) is 6.33. The smallest absolute Gasteiger partial charge is 0.231 e. The fraction of sp³-hybridized carbons (Fsp3) is 0.423. The number of ether oxygens (including phenoxy) is 2. The number of thioether (sulfide) groups is 1. The number of fused-ring (bicyclic) bond motifs is 1. The van der Waals surface area contributed by atoms with Crippen LogP contribution >= 0.6 is 11.8 Å². The maximum Gasteiger partial charge on any atom is 0.231 e. The highest BCUT2D eigenvalue weighted by Crippen LogP contribution is 2.33. The van der Waals surface area contributed by atoms with E-state index in [-0.39, 0.29) is 12.7 Å². The average molecular weight is 479 g/mol. The van der Waals surface area contributed by atoms with Gasteiger partial charge >= 0.3 is 0 Å². The molecule has 0 saturated heterocycles. The first kappa shape index (κ1) is 22.8. The minimum atomic E-state index is 0.0643. The number of amides is 1. The summed E-state index contributed by atoms with van der Waals surface area (Å²) in [4.78, 5) is 12.7. The molecule has 34 heavy (non-hydrogen) atoms. The van der Waals surface area contributed by atoms with Crippen LogP contribution in [0, 0.1) is 0 Å². The summed E-state index contributed by atoms with van der Waals surface area (Å²) in [6.45, 7) is 0.818. The van der Waals surface area contributed by atoms with Crippen LogP contribution in [0.5, 0.6) is 11.5 Å². The zero-order valence-corrected chi connectivity index (χ0v) is 20.1. The summed E-state index contributed by atoms with van der Waals surface area (Å²) in [5.41, 5.74) is 2.05. The van der Waals surface area contributed by atoms with Crippen LogP contribution in [0.1, 0.15) is 50.5 Å². The molecule has 8 heteroatoms. The molecule has 2 aliphatic rings. The molecule has 1 fully saturated rings. The van der Waals surface area contributed by atoms with Gasteiger partial charge in [0.05, 0.1) is 12.3 Å². The largest absolute Gasteiger partial charge is 0.454 e. The second-order valence-corrected chi connectivity index (χ2v) is 9.79. The topological polar surface area (TPSA) is 78.3 Å². The number of nitrogens with one attached hydrogen (secondary N) is 1. The Bertz CT molecular complexity index is 1110. The summed E-state index contributed by atoms with van der Waals surface area (Å²) in [5, 5.41) is 12.9. The molecule has 178 valence electrons. The van der Waals surface area contributed by atoms with Gasteiger partial charge in [-0.1, -0.05) is 80.3 Å². The van der Waals surface area contributed by atoms with E-state index in [0.717, 1.165) is 46.4 Å². The molecule has 1 amide bonds. The van der Waals surface area contributed by atoms with E-state index in [0.29, 0.717) is 18.3 Å². The number of rotatable bonds is 7. The van der Waals surface area contributed by atoms with E-state index in [1.807, 2.05) is 48.5 Å². The SMILES string of the molecule is O=C(CSc1nnc(-c2ccccc2)n1Cc1ccc2c(c1)OCO2)NC1CCCCCCC1. The maximum atomic E-state index is 12.7. The van der Waals surface area contributed by atoms with E-state index in [2.05, 4.69) is 20.1 Å². The Hall–Kier alpha value is -3.00. The lowest BCUT2D eigenvalue weighted by atomic mass is 9.97. The van der Waals surface area contributed by atoms with Gasteiger partial charge in [0.15, 0.2) is 22.5 Å². The first-order chi connectivity index (χ1) is 16.8. The van der Waals surface area contributed by atoms with Crippen LogP contribution in [-0.4, -0.2) is 39.3 Å². The van der Waals surface area contributed by atoms with E-state index < -0.39 is 0 Å². The molecule has 0 radical (unpaired) electrons. The summed E-state index contributed by atoms with van der Waals surface area (Å²) < 4.78 is 13.1. The summed E-state index contributed by atoms with van der Waals surface area (Å²) in [6.07, 6.45) is 8.41. The number of hydrogen-bond donors (Lipinski definition) is 1. The second-order valence-electron chi connectivity index (χ2n) is 8.84. The van der Waals surface area contributed by atoms with Gasteiger partial charge in [-0.2, -0.15) is 0 Å².